The van der Waals surface area contributed by atoms with E-state index in [1.807, 2.05) is 23.2 Å². The van der Waals surface area contributed by atoms with Gasteiger partial charge in [-0.15, -0.1) is 0 Å². The molecular formula is C22H26BrFN4O. The van der Waals surface area contributed by atoms with E-state index in [1.54, 1.807) is 12.1 Å². The minimum absolute atomic E-state index is 0.156. The predicted octanol–water partition coefficient (Wildman–Crippen LogP) is 3.66. The molecule has 0 radical (unpaired) electrons. The van der Waals surface area contributed by atoms with Crippen molar-refractivity contribution in [2.45, 2.75) is 12.8 Å². The number of carbonyl (C=O) groups excluding carboxylic acids is 1. The van der Waals surface area contributed by atoms with Gasteiger partial charge in [0.15, 0.2) is 0 Å². The number of anilines is 1. The van der Waals surface area contributed by atoms with Crippen molar-refractivity contribution < 1.29 is 9.18 Å². The zero-order valence-corrected chi connectivity index (χ0v) is 18.0. The first-order valence-electron chi connectivity index (χ1n) is 10.2. The number of hydrogen-bond donors (Lipinski definition) is 0. The van der Waals surface area contributed by atoms with Gasteiger partial charge in [0, 0.05) is 56.5 Å². The van der Waals surface area contributed by atoms with Crippen molar-refractivity contribution in [3.05, 3.63) is 58.4 Å². The van der Waals surface area contributed by atoms with Gasteiger partial charge in [-0.05, 0) is 49.1 Å². The Morgan fingerprint density at radius 2 is 1.97 bits per heavy atom. The Balaban J connectivity index is 1.31. The molecule has 7 heteroatoms. The van der Waals surface area contributed by atoms with Crippen molar-refractivity contribution in [3.63, 3.8) is 0 Å². The van der Waals surface area contributed by atoms with Gasteiger partial charge >= 0.3 is 0 Å². The van der Waals surface area contributed by atoms with Gasteiger partial charge in [-0.1, -0.05) is 22.0 Å². The first-order chi connectivity index (χ1) is 14.1. The number of carbonyl (C=O) groups is 1. The van der Waals surface area contributed by atoms with Crippen LogP contribution in [-0.4, -0.2) is 66.5 Å². The zero-order valence-electron chi connectivity index (χ0n) is 16.4. The number of nitrogens with zero attached hydrogens (tertiary/aromatic N) is 4. The van der Waals surface area contributed by atoms with E-state index in [9.17, 15) is 9.18 Å². The highest BCUT2D eigenvalue weighted by atomic mass is 79.9. The Kier molecular flexibility index (Phi) is 6.45. The molecule has 0 spiro atoms. The molecule has 3 heterocycles. The van der Waals surface area contributed by atoms with Gasteiger partial charge in [-0.3, -0.25) is 9.69 Å². The van der Waals surface area contributed by atoms with E-state index >= 15 is 0 Å². The summed E-state index contributed by atoms with van der Waals surface area (Å²) in [6.07, 6.45) is 3.93. The number of halogens is 2. The molecule has 1 atom stereocenters. The second-order valence-electron chi connectivity index (χ2n) is 7.86. The van der Waals surface area contributed by atoms with Crippen LogP contribution in [0.1, 0.15) is 23.2 Å². The topological polar surface area (TPSA) is 39.7 Å². The summed E-state index contributed by atoms with van der Waals surface area (Å²) in [7, 11) is 0. The maximum absolute atomic E-state index is 14.1. The smallest absolute Gasteiger partial charge is 0.256 e. The maximum atomic E-state index is 14.1. The molecule has 4 rings (SSSR count). The number of likely N-dealkylation sites (tertiary alicyclic amines) is 1. The van der Waals surface area contributed by atoms with E-state index in [1.165, 1.54) is 6.07 Å². The Bertz CT molecular complexity index is 842. The Morgan fingerprint density at radius 1 is 1.14 bits per heavy atom. The van der Waals surface area contributed by atoms with Crippen LogP contribution in [0.2, 0.25) is 0 Å². The van der Waals surface area contributed by atoms with Gasteiger partial charge in [0.05, 0.1) is 5.56 Å². The Labute approximate surface area is 179 Å². The van der Waals surface area contributed by atoms with Gasteiger partial charge in [-0.2, -0.15) is 0 Å². The molecule has 2 aliphatic heterocycles. The Morgan fingerprint density at radius 3 is 2.72 bits per heavy atom. The second-order valence-corrected chi connectivity index (χ2v) is 8.77. The molecule has 0 saturated carbocycles. The fourth-order valence-electron chi connectivity index (χ4n) is 4.30. The zero-order chi connectivity index (χ0) is 20.2. The summed E-state index contributed by atoms with van der Waals surface area (Å²) in [4.78, 5) is 23.9. The van der Waals surface area contributed by atoms with Crippen molar-refractivity contribution in [2.24, 2.45) is 5.92 Å². The van der Waals surface area contributed by atoms with Gasteiger partial charge < -0.3 is 9.80 Å². The van der Waals surface area contributed by atoms with Crippen LogP contribution < -0.4 is 4.90 Å². The molecular weight excluding hydrogens is 435 g/mol. The minimum atomic E-state index is -0.453. The molecule has 29 heavy (non-hydrogen) atoms. The summed E-state index contributed by atoms with van der Waals surface area (Å²) in [6, 6.07) is 10.6. The molecule has 1 aromatic carbocycles. The van der Waals surface area contributed by atoms with Gasteiger partial charge in [0.1, 0.15) is 11.6 Å². The van der Waals surface area contributed by atoms with E-state index in [2.05, 4.69) is 36.8 Å². The lowest BCUT2D eigenvalue weighted by Gasteiger charge is -2.39. The maximum Gasteiger partial charge on any atom is 0.256 e. The summed E-state index contributed by atoms with van der Waals surface area (Å²) in [6.45, 7) is 6.33. The van der Waals surface area contributed by atoms with Crippen LogP contribution in [0, 0.1) is 11.7 Å². The molecule has 2 aromatic rings. The van der Waals surface area contributed by atoms with E-state index < -0.39 is 5.82 Å². The second kappa shape index (κ2) is 9.22. The fraction of sp³-hybridized carbons (Fsp3) is 0.455. The van der Waals surface area contributed by atoms with Crippen LogP contribution >= 0.6 is 15.9 Å². The largest absolute Gasteiger partial charge is 0.354 e. The van der Waals surface area contributed by atoms with Crippen LogP contribution in [0.25, 0.3) is 0 Å². The molecule has 1 aromatic heterocycles. The number of pyridine rings is 1. The van der Waals surface area contributed by atoms with Gasteiger partial charge in [0.2, 0.25) is 0 Å². The summed E-state index contributed by atoms with van der Waals surface area (Å²) >= 11 is 3.34. The lowest BCUT2D eigenvalue weighted by molar-refractivity contribution is 0.0632. The first-order valence-corrected chi connectivity index (χ1v) is 11.0. The van der Waals surface area contributed by atoms with E-state index in [-0.39, 0.29) is 11.5 Å². The molecule has 2 saturated heterocycles. The fourth-order valence-corrected chi connectivity index (χ4v) is 4.66. The van der Waals surface area contributed by atoms with Crippen LogP contribution in [-0.2, 0) is 0 Å². The normalized spacial score (nSPS) is 20.7. The monoisotopic (exact) mass is 460 g/mol. The number of amides is 1. The SMILES string of the molecule is O=C(c1cc(Br)ccc1F)N1CCCC(CN2CCN(c3ccccn3)CC2)C1. The highest BCUT2D eigenvalue weighted by molar-refractivity contribution is 9.10. The summed E-state index contributed by atoms with van der Waals surface area (Å²) in [5.74, 6) is 0.821. The first kappa shape index (κ1) is 20.3. The van der Waals surface area contributed by atoms with Crippen molar-refractivity contribution in [2.75, 3.05) is 50.7 Å². The van der Waals surface area contributed by atoms with E-state index in [0.29, 0.717) is 19.0 Å². The number of aromatic nitrogens is 1. The molecule has 1 amide bonds. The third kappa shape index (κ3) is 4.95. The van der Waals surface area contributed by atoms with Crippen molar-refractivity contribution in [3.8, 4) is 0 Å². The average Bonchev–Trinajstić information content (AvgIpc) is 2.76. The standard InChI is InChI=1S/C22H26BrFN4O/c23-18-6-7-20(24)19(14-18)22(29)28-9-3-4-17(16-28)15-26-10-12-27(13-11-26)21-5-1-2-8-25-21/h1-2,5-8,14,17H,3-4,9-13,15-16H2. The lowest BCUT2D eigenvalue weighted by Crippen LogP contribution is -2.50. The molecule has 0 N–H and O–H groups in total. The summed E-state index contributed by atoms with van der Waals surface area (Å²) in [5.41, 5.74) is 0.156. The quantitative estimate of drug-likeness (QED) is 0.697. The molecule has 2 aliphatic rings. The third-order valence-electron chi connectivity index (χ3n) is 5.83. The Hall–Kier alpha value is -1.99. The van der Waals surface area contributed by atoms with Crippen LogP contribution in [0.3, 0.4) is 0 Å². The molecule has 154 valence electrons. The summed E-state index contributed by atoms with van der Waals surface area (Å²) in [5, 5.41) is 0. The van der Waals surface area contributed by atoms with Crippen LogP contribution in [0.4, 0.5) is 10.2 Å². The molecule has 0 bridgehead atoms. The minimum Gasteiger partial charge on any atom is -0.354 e. The van der Waals surface area contributed by atoms with Gasteiger partial charge in [0.25, 0.3) is 5.91 Å². The lowest BCUT2D eigenvalue weighted by atomic mass is 9.96. The van der Waals surface area contributed by atoms with Crippen LogP contribution in [0.15, 0.2) is 47.1 Å². The highest BCUT2D eigenvalue weighted by Gasteiger charge is 2.28. The number of piperazine rings is 1. The third-order valence-corrected chi connectivity index (χ3v) is 6.32. The molecule has 0 aliphatic carbocycles. The number of piperidine rings is 1. The molecule has 1 unspecified atom stereocenters. The van der Waals surface area contributed by atoms with Crippen molar-refractivity contribution in [1.29, 1.82) is 0 Å². The predicted molar refractivity (Wildman–Crippen MR) is 116 cm³/mol. The van der Waals surface area contributed by atoms with E-state index in [4.69, 9.17) is 0 Å². The van der Waals surface area contributed by atoms with E-state index in [0.717, 1.165) is 55.9 Å². The molecule has 5 nitrogen and oxygen atoms in total. The number of rotatable bonds is 4. The average molecular weight is 461 g/mol. The molecule has 2 fully saturated rings. The number of benzene rings is 1. The highest BCUT2D eigenvalue weighted by Crippen LogP contribution is 2.23. The van der Waals surface area contributed by atoms with Gasteiger partial charge in [-0.25, -0.2) is 9.37 Å². The van der Waals surface area contributed by atoms with Crippen LogP contribution in [0.5, 0.6) is 0 Å². The summed E-state index contributed by atoms with van der Waals surface area (Å²) < 4.78 is 14.9. The van der Waals surface area contributed by atoms with Crippen molar-refractivity contribution >= 4 is 27.7 Å². The number of hydrogen-bond acceptors (Lipinski definition) is 4. The van der Waals surface area contributed by atoms with Crippen molar-refractivity contribution in [1.82, 2.24) is 14.8 Å².